The maximum Gasteiger partial charge on any atom is 0.323 e. The van der Waals surface area contributed by atoms with Gasteiger partial charge in [0.15, 0.2) is 11.6 Å². The largest absolute Gasteiger partial charge is 0.453 e. The Morgan fingerprint density at radius 2 is 1.85 bits per heavy atom. The number of nitrogens with one attached hydrogen (secondary N) is 3. The number of hydrogen-bond acceptors (Lipinski definition) is 7. The second-order valence-corrected chi connectivity index (χ2v) is 9.94. The maximum absolute atomic E-state index is 15.0. The van der Waals surface area contributed by atoms with E-state index in [1.807, 2.05) is 23.9 Å². The van der Waals surface area contributed by atoms with E-state index < -0.39 is 23.5 Å². The van der Waals surface area contributed by atoms with Gasteiger partial charge in [0.25, 0.3) is 0 Å². The molecule has 0 radical (unpaired) electrons. The Bertz CT molecular complexity index is 1710. The van der Waals surface area contributed by atoms with Crippen LogP contribution < -0.4 is 20.7 Å². The molecule has 41 heavy (non-hydrogen) atoms. The summed E-state index contributed by atoms with van der Waals surface area (Å²) in [4.78, 5) is 22.1. The summed E-state index contributed by atoms with van der Waals surface area (Å²) in [7, 11) is 3.59. The van der Waals surface area contributed by atoms with E-state index in [9.17, 15) is 18.0 Å². The average molecular weight is 583 g/mol. The predicted molar refractivity (Wildman–Crippen MR) is 151 cm³/mol. The summed E-state index contributed by atoms with van der Waals surface area (Å²) in [5.41, 5.74) is 1.57. The summed E-state index contributed by atoms with van der Waals surface area (Å²) in [5, 5.41) is 7.96. The lowest BCUT2D eigenvalue weighted by Gasteiger charge is -2.11. The lowest BCUT2D eigenvalue weighted by Crippen LogP contribution is -2.20. The number of aromatic nitrogens is 3. The average Bonchev–Trinajstić information content (AvgIpc) is 3.53. The number of urea groups is 1. The van der Waals surface area contributed by atoms with Crippen molar-refractivity contribution in [3.8, 4) is 22.2 Å². The molecule has 0 saturated carbocycles. The van der Waals surface area contributed by atoms with Crippen molar-refractivity contribution < 1.29 is 27.4 Å². The Morgan fingerprint density at radius 3 is 2.63 bits per heavy atom. The van der Waals surface area contributed by atoms with Crippen molar-refractivity contribution in [1.29, 1.82) is 0 Å². The van der Waals surface area contributed by atoms with Crippen LogP contribution in [0.5, 0.6) is 11.5 Å². The van der Waals surface area contributed by atoms with Crippen molar-refractivity contribution in [2.24, 2.45) is 7.05 Å². The Morgan fingerprint density at radius 1 is 1.00 bits per heavy atom. The van der Waals surface area contributed by atoms with E-state index in [1.54, 1.807) is 19.4 Å². The molecule has 5 aromatic rings. The molecule has 0 bridgehead atoms. The Balaban J connectivity index is 1.29. The number of anilines is 2. The molecule has 5 rings (SSSR count). The van der Waals surface area contributed by atoms with E-state index in [4.69, 9.17) is 9.47 Å². The molecule has 0 aliphatic rings. The molecule has 0 aliphatic carbocycles. The zero-order valence-electron chi connectivity index (χ0n) is 22.0. The van der Waals surface area contributed by atoms with Gasteiger partial charge in [0, 0.05) is 57.3 Å². The molecule has 2 aromatic carbocycles. The third-order valence-corrected chi connectivity index (χ3v) is 7.19. The van der Waals surface area contributed by atoms with Crippen LogP contribution in [0.15, 0.2) is 60.9 Å². The second-order valence-electron chi connectivity index (χ2n) is 8.89. The number of imidazole rings is 1. The van der Waals surface area contributed by atoms with E-state index in [0.29, 0.717) is 35.2 Å². The molecule has 0 unspecified atom stereocenters. The van der Waals surface area contributed by atoms with E-state index in [0.717, 1.165) is 41.1 Å². The standard InChI is InChI=1S/C28H25F3N6O3S/c1-37-18(14-32-9-10-39-2)15-34-27(37)25-13-22-26(41-25)24(7-8-33-22)40-23-6-4-17(12-20(23)31)35-28(38)36-21-5-3-16(29)11-19(21)30/h3-8,11-13,15,32H,9-10,14H2,1-2H3,(H2,35,36,38). The Hall–Kier alpha value is -4.46. The highest BCUT2D eigenvalue weighted by Gasteiger charge is 2.17. The number of hydrogen-bond donors (Lipinski definition) is 3. The highest BCUT2D eigenvalue weighted by atomic mass is 32.1. The van der Waals surface area contributed by atoms with E-state index >= 15 is 0 Å². The number of ether oxygens (including phenoxy) is 2. The van der Waals surface area contributed by atoms with Gasteiger partial charge >= 0.3 is 6.03 Å². The van der Waals surface area contributed by atoms with Gasteiger partial charge in [0.2, 0.25) is 0 Å². The SMILES string of the molecule is COCCNCc1cnc(-c2cc3nccc(Oc4ccc(NC(=O)Nc5ccc(F)cc5F)cc4F)c3s2)n1C. The molecule has 3 aromatic heterocycles. The van der Waals surface area contributed by atoms with Crippen LogP contribution in [0.4, 0.5) is 29.3 Å². The number of amides is 2. The molecule has 3 N–H and O–H groups in total. The van der Waals surface area contributed by atoms with Crippen molar-refractivity contribution in [1.82, 2.24) is 19.9 Å². The van der Waals surface area contributed by atoms with Crippen LogP contribution >= 0.6 is 11.3 Å². The van der Waals surface area contributed by atoms with Crippen LogP contribution in [-0.2, 0) is 18.3 Å². The summed E-state index contributed by atoms with van der Waals surface area (Å²) in [6.45, 7) is 1.98. The van der Waals surface area contributed by atoms with Crippen molar-refractivity contribution in [3.63, 3.8) is 0 Å². The number of thiophene rings is 1. The molecule has 9 nitrogen and oxygen atoms in total. The highest BCUT2D eigenvalue weighted by Crippen LogP contribution is 2.39. The highest BCUT2D eigenvalue weighted by molar-refractivity contribution is 7.22. The number of methoxy groups -OCH3 is 1. The first-order valence-electron chi connectivity index (χ1n) is 12.4. The third-order valence-electron chi connectivity index (χ3n) is 6.06. The molecule has 13 heteroatoms. The van der Waals surface area contributed by atoms with Crippen LogP contribution in [0.1, 0.15) is 5.69 Å². The molecule has 2 amide bonds. The Kier molecular flexibility index (Phi) is 8.47. The van der Waals surface area contributed by atoms with Gasteiger partial charge in [-0.15, -0.1) is 11.3 Å². The number of nitrogens with zero attached hydrogens (tertiary/aromatic N) is 3. The Labute approximate surface area is 237 Å². The van der Waals surface area contributed by atoms with Gasteiger partial charge in [0.05, 0.1) is 39.3 Å². The van der Waals surface area contributed by atoms with Gasteiger partial charge in [-0.05, 0) is 30.3 Å². The summed E-state index contributed by atoms with van der Waals surface area (Å²) in [6, 6.07) is 9.34. The lowest BCUT2D eigenvalue weighted by atomic mass is 10.2. The van der Waals surface area contributed by atoms with Gasteiger partial charge in [-0.2, -0.15) is 0 Å². The fraction of sp³-hybridized carbons (Fsp3) is 0.179. The topological polar surface area (TPSA) is 102 Å². The molecule has 0 fully saturated rings. The quantitative estimate of drug-likeness (QED) is 0.167. The number of carbonyl (C=O) groups excluding carboxylic acids is 1. The minimum atomic E-state index is -0.936. The summed E-state index contributed by atoms with van der Waals surface area (Å²) in [5.74, 6) is -1.33. The number of fused-ring (bicyclic) bond motifs is 1. The molecule has 0 saturated heterocycles. The maximum atomic E-state index is 15.0. The fourth-order valence-electron chi connectivity index (χ4n) is 3.99. The number of benzene rings is 2. The van der Waals surface area contributed by atoms with Crippen molar-refractivity contribution >= 4 is 39.0 Å². The number of rotatable bonds is 10. The van der Waals surface area contributed by atoms with Crippen molar-refractivity contribution in [2.75, 3.05) is 30.9 Å². The minimum absolute atomic E-state index is 0.0654. The molecular formula is C28H25F3N6O3S. The van der Waals surface area contributed by atoms with Crippen LogP contribution in [0.25, 0.3) is 20.9 Å². The summed E-state index contributed by atoms with van der Waals surface area (Å²) >= 11 is 1.42. The van der Waals surface area contributed by atoms with Crippen LogP contribution in [0.3, 0.4) is 0 Å². The number of carbonyl (C=O) groups is 1. The first kappa shape index (κ1) is 28.1. The zero-order valence-corrected chi connectivity index (χ0v) is 22.8. The van der Waals surface area contributed by atoms with E-state index in [-0.39, 0.29) is 17.1 Å². The first-order chi connectivity index (χ1) is 19.8. The van der Waals surface area contributed by atoms with Gasteiger partial charge in [-0.25, -0.2) is 22.9 Å². The van der Waals surface area contributed by atoms with Gasteiger partial charge in [0.1, 0.15) is 23.2 Å². The minimum Gasteiger partial charge on any atom is -0.453 e. The zero-order chi connectivity index (χ0) is 28.9. The first-order valence-corrected chi connectivity index (χ1v) is 13.2. The van der Waals surface area contributed by atoms with Gasteiger partial charge < -0.3 is 30.0 Å². The number of pyridine rings is 1. The van der Waals surface area contributed by atoms with Gasteiger partial charge in [-0.3, -0.25) is 4.98 Å². The smallest absolute Gasteiger partial charge is 0.323 e. The lowest BCUT2D eigenvalue weighted by molar-refractivity contribution is 0.199. The van der Waals surface area contributed by atoms with Gasteiger partial charge in [-0.1, -0.05) is 0 Å². The monoisotopic (exact) mass is 582 g/mol. The molecule has 0 spiro atoms. The van der Waals surface area contributed by atoms with Crippen LogP contribution in [0.2, 0.25) is 0 Å². The molecule has 212 valence electrons. The van der Waals surface area contributed by atoms with Crippen molar-refractivity contribution in [3.05, 3.63) is 84.1 Å². The van der Waals surface area contributed by atoms with E-state index in [1.165, 1.54) is 23.5 Å². The summed E-state index contributed by atoms with van der Waals surface area (Å²) in [6.07, 6.45) is 3.39. The molecular weight excluding hydrogens is 557 g/mol. The second kappa shape index (κ2) is 12.4. The van der Waals surface area contributed by atoms with E-state index in [2.05, 4.69) is 25.9 Å². The molecule has 0 atom stereocenters. The summed E-state index contributed by atoms with van der Waals surface area (Å²) < 4.78 is 55.5. The predicted octanol–water partition coefficient (Wildman–Crippen LogP) is 6.29. The van der Waals surface area contributed by atoms with Crippen molar-refractivity contribution in [2.45, 2.75) is 6.54 Å². The normalized spacial score (nSPS) is 11.1. The molecule has 0 aliphatic heterocycles. The van der Waals surface area contributed by atoms with Crippen LogP contribution in [-0.4, -0.2) is 40.8 Å². The van der Waals surface area contributed by atoms with Crippen LogP contribution in [0, 0.1) is 17.5 Å². The third kappa shape index (κ3) is 6.48. The number of halogens is 3. The fourth-order valence-corrected chi connectivity index (χ4v) is 5.09. The molecule has 3 heterocycles.